The van der Waals surface area contributed by atoms with Gasteiger partial charge in [-0.1, -0.05) is 26.0 Å². The van der Waals surface area contributed by atoms with E-state index in [0.29, 0.717) is 38.9 Å². The predicted molar refractivity (Wildman–Crippen MR) is 80.9 cm³/mol. The van der Waals surface area contributed by atoms with Crippen LogP contribution in [0.1, 0.15) is 25.8 Å². The Morgan fingerprint density at radius 1 is 1.05 bits per heavy atom. The smallest absolute Gasteiger partial charge is 0.119 e. The van der Waals surface area contributed by atoms with Crippen molar-refractivity contribution in [2.45, 2.75) is 26.8 Å². The van der Waals surface area contributed by atoms with Crippen molar-refractivity contribution in [3.8, 4) is 5.75 Å². The molecular formula is C16H27NO3. The minimum Gasteiger partial charge on any atom is -0.493 e. The average molecular weight is 281 g/mol. The molecule has 0 unspecified atom stereocenters. The normalized spacial score (nSPS) is 11.0. The minimum atomic E-state index is 0.538. The second-order valence-corrected chi connectivity index (χ2v) is 5.13. The first-order valence-corrected chi connectivity index (χ1v) is 7.29. The van der Waals surface area contributed by atoms with Gasteiger partial charge in [0.2, 0.25) is 0 Å². The van der Waals surface area contributed by atoms with E-state index in [1.165, 1.54) is 0 Å². The number of hydrogen-bond acceptors (Lipinski definition) is 4. The molecule has 2 N–H and O–H groups in total. The maximum Gasteiger partial charge on any atom is 0.119 e. The van der Waals surface area contributed by atoms with E-state index in [2.05, 4.69) is 13.8 Å². The number of nitrogens with two attached hydrogens (primary N) is 1. The quantitative estimate of drug-likeness (QED) is 0.633. The predicted octanol–water partition coefficient (Wildman–Crippen LogP) is 2.60. The van der Waals surface area contributed by atoms with Crippen molar-refractivity contribution in [1.29, 1.82) is 0 Å². The Morgan fingerprint density at radius 3 is 2.60 bits per heavy atom. The summed E-state index contributed by atoms with van der Waals surface area (Å²) < 4.78 is 16.5. The second kappa shape index (κ2) is 10.7. The van der Waals surface area contributed by atoms with Gasteiger partial charge in [-0.2, -0.15) is 0 Å². The number of benzene rings is 1. The van der Waals surface area contributed by atoms with Crippen molar-refractivity contribution in [2.24, 2.45) is 11.7 Å². The van der Waals surface area contributed by atoms with Gasteiger partial charge >= 0.3 is 0 Å². The topological polar surface area (TPSA) is 53.7 Å². The van der Waals surface area contributed by atoms with Crippen molar-refractivity contribution in [3.05, 3.63) is 29.8 Å². The molecule has 0 aliphatic heterocycles. The van der Waals surface area contributed by atoms with Crippen molar-refractivity contribution >= 4 is 0 Å². The molecule has 20 heavy (non-hydrogen) atoms. The van der Waals surface area contributed by atoms with Crippen molar-refractivity contribution in [1.82, 2.24) is 0 Å². The van der Waals surface area contributed by atoms with Crippen LogP contribution >= 0.6 is 0 Å². The van der Waals surface area contributed by atoms with E-state index >= 15 is 0 Å². The summed E-state index contributed by atoms with van der Waals surface area (Å²) in [6.45, 7) is 8.27. The monoisotopic (exact) mass is 281 g/mol. The van der Waals surface area contributed by atoms with Gasteiger partial charge in [0.1, 0.15) is 5.75 Å². The molecule has 0 aromatic heterocycles. The molecule has 0 amide bonds. The molecule has 0 saturated heterocycles. The lowest BCUT2D eigenvalue weighted by Crippen LogP contribution is -2.10. The largest absolute Gasteiger partial charge is 0.493 e. The van der Waals surface area contributed by atoms with Crippen LogP contribution in [0.3, 0.4) is 0 Å². The van der Waals surface area contributed by atoms with Crippen LogP contribution in [0.5, 0.6) is 5.75 Å². The molecular weight excluding hydrogens is 254 g/mol. The lowest BCUT2D eigenvalue weighted by atomic mass is 10.2. The summed E-state index contributed by atoms with van der Waals surface area (Å²) >= 11 is 0. The van der Waals surface area contributed by atoms with E-state index in [-0.39, 0.29) is 0 Å². The van der Waals surface area contributed by atoms with Gasteiger partial charge in [0.05, 0.1) is 19.8 Å². The van der Waals surface area contributed by atoms with Crippen LogP contribution in [0, 0.1) is 5.92 Å². The Balaban J connectivity index is 1.96. The number of hydrogen-bond donors (Lipinski definition) is 1. The highest BCUT2D eigenvalue weighted by Crippen LogP contribution is 2.12. The van der Waals surface area contributed by atoms with Crippen LogP contribution in [-0.4, -0.2) is 33.0 Å². The molecule has 0 heterocycles. The molecule has 0 atom stereocenters. The molecule has 0 aliphatic rings. The molecule has 0 fully saturated rings. The standard InChI is InChI=1S/C16H27NO3/c1-14(2)13-19-10-9-18-7-4-8-20-16-6-3-5-15(11-16)12-17/h3,5-6,11,14H,4,7-10,12-13,17H2,1-2H3. The van der Waals surface area contributed by atoms with Crippen LogP contribution < -0.4 is 10.5 Å². The van der Waals surface area contributed by atoms with Gasteiger partial charge in [-0.25, -0.2) is 0 Å². The number of ether oxygens (including phenoxy) is 3. The third kappa shape index (κ3) is 8.15. The lowest BCUT2D eigenvalue weighted by molar-refractivity contribution is 0.0343. The van der Waals surface area contributed by atoms with Gasteiger partial charge in [0, 0.05) is 26.2 Å². The highest BCUT2D eigenvalue weighted by Gasteiger charge is 1.97. The molecule has 1 aromatic carbocycles. The molecule has 1 rings (SSSR count). The van der Waals surface area contributed by atoms with Crippen molar-refractivity contribution in [3.63, 3.8) is 0 Å². The van der Waals surface area contributed by atoms with E-state index in [9.17, 15) is 0 Å². The van der Waals surface area contributed by atoms with Gasteiger partial charge < -0.3 is 19.9 Å². The highest BCUT2D eigenvalue weighted by molar-refractivity contribution is 5.28. The van der Waals surface area contributed by atoms with Gasteiger partial charge in [0.25, 0.3) is 0 Å². The fourth-order valence-corrected chi connectivity index (χ4v) is 1.65. The Hall–Kier alpha value is -1.10. The SMILES string of the molecule is CC(C)COCCOCCCOc1cccc(CN)c1. The van der Waals surface area contributed by atoms with E-state index in [0.717, 1.165) is 24.3 Å². The van der Waals surface area contributed by atoms with Gasteiger partial charge in [-0.15, -0.1) is 0 Å². The Bertz CT molecular complexity index is 355. The lowest BCUT2D eigenvalue weighted by Gasteiger charge is -2.09. The van der Waals surface area contributed by atoms with E-state index in [1.807, 2.05) is 24.3 Å². The fourth-order valence-electron chi connectivity index (χ4n) is 1.65. The summed E-state index contributed by atoms with van der Waals surface area (Å²) in [6, 6.07) is 7.87. The van der Waals surface area contributed by atoms with Crippen LogP contribution in [0.4, 0.5) is 0 Å². The van der Waals surface area contributed by atoms with Gasteiger partial charge in [0.15, 0.2) is 0 Å². The summed E-state index contributed by atoms with van der Waals surface area (Å²) in [5.74, 6) is 1.45. The summed E-state index contributed by atoms with van der Waals surface area (Å²) in [5, 5.41) is 0. The Kier molecular flexibility index (Phi) is 9.04. The molecule has 0 saturated carbocycles. The van der Waals surface area contributed by atoms with Gasteiger partial charge in [-0.3, -0.25) is 0 Å². The zero-order valence-electron chi connectivity index (χ0n) is 12.6. The molecule has 0 aliphatic carbocycles. The molecule has 0 radical (unpaired) electrons. The maximum atomic E-state index is 5.64. The Labute approximate surface area is 122 Å². The molecule has 4 nitrogen and oxygen atoms in total. The third-order valence-corrected chi connectivity index (χ3v) is 2.66. The molecule has 0 spiro atoms. The van der Waals surface area contributed by atoms with Crippen LogP contribution in [0.15, 0.2) is 24.3 Å². The van der Waals surface area contributed by atoms with E-state index in [1.54, 1.807) is 0 Å². The van der Waals surface area contributed by atoms with Gasteiger partial charge in [-0.05, 0) is 23.6 Å². The first kappa shape index (κ1) is 17.0. The van der Waals surface area contributed by atoms with Crippen LogP contribution in [-0.2, 0) is 16.0 Å². The first-order chi connectivity index (χ1) is 9.72. The first-order valence-electron chi connectivity index (χ1n) is 7.29. The van der Waals surface area contributed by atoms with Crippen LogP contribution in [0.25, 0.3) is 0 Å². The average Bonchev–Trinajstić information content (AvgIpc) is 2.45. The molecule has 0 bridgehead atoms. The zero-order valence-corrected chi connectivity index (χ0v) is 12.6. The molecule has 4 heteroatoms. The number of rotatable bonds is 11. The van der Waals surface area contributed by atoms with Crippen molar-refractivity contribution in [2.75, 3.05) is 33.0 Å². The fraction of sp³-hybridized carbons (Fsp3) is 0.625. The van der Waals surface area contributed by atoms with E-state index < -0.39 is 0 Å². The van der Waals surface area contributed by atoms with E-state index in [4.69, 9.17) is 19.9 Å². The summed E-state index contributed by atoms with van der Waals surface area (Å²) in [7, 11) is 0. The minimum absolute atomic E-state index is 0.538. The summed E-state index contributed by atoms with van der Waals surface area (Å²) in [6.07, 6.45) is 0.872. The highest BCUT2D eigenvalue weighted by atomic mass is 16.5. The molecule has 114 valence electrons. The van der Waals surface area contributed by atoms with Crippen molar-refractivity contribution < 1.29 is 14.2 Å². The van der Waals surface area contributed by atoms with Crippen LogP contribution in [0.2, 0.25) is 0 Å². The second-order valence-electron chi connectivity index (χ2n) is 5.13. The summed E-state index contributed by atoms with van der Waals surface area (Å²) in [5.41, 5.74) is 6.67. The third-order valence-electron chi connectivity index (χ3n) is 2.66. The zero-order chi connectivity index (χ0) is 14.6. The Morgan fingerprint density at radius 2 is 1.85 bits per heavy atom. The molecule has 1 aromatic rings. The summed E-state index contributed by atoms with van der Waals surface area (Å²) in [4.78, 5) is 0. The maximum absolute atomic E-state index is 5.64.